The fraction of sp³-hybridized carbons (Fsp3) is 0.131. The lowest BCUT2D eigenvalue weighted by atomic mass is 10.1. The minimum Gasteiger partial charge on any atom is -0.394 e. The standard InChI is InChI=1S/C51H40N6O23S6.C10H13N5O4/c1-25-9-11-29(49(60)54-37-13-15-41(83(69,70)71)35-21-33(81(63,64)65)23-43(45(35)37)85(75,76)77)19-39(25)56-47(58)27-5-3-7-31(17-27)52-51(62)53-32-8-4-6-28(18-32)48(59)57-40-20-30(12-10-26(40)2)50(61)55-38-14-16-42(84(72,73)74)36-22-34(82(66,67)68)24-44(46(36)38)86(78,79)80;1-5-3-15(10(18)12-9(5)17)8-2-6(13-14-11)7(4-16)19-8/h3-24H,1-2H3,(H,54,60)(H,55,61)(H,56,58)(H,57,59)(H2,52,53,62)(H,63,64,65)(H,66,67,68)(H,69,70,71)(H,72,73,74)(H,75,76,77)(H,78,79,80);3,6-8,16H,2,4H2,1H3,(H,12,17,18)/t;6-,7+,8+/m.0/s1. The fourth-order valence-corrected chi connectivity index (χ4v) is 14.6. The van der Waals surface area contributed by atoms with E-state index in [1.807, 2.05) is 0 Å². The summed E-state index contributed by atoms with van der Waals surface area (Å²) in [5.74, 6) is -3.56. The van der Waals surface area contributed by atoms with E-state index in [2.05, 4.69) is 46.9 Å². The van der Waals surface area contributed by atoms with E-state index >= 15 is 0 Å². The lowest BCUT2D eigenvalue weighted by Gasteiger charge is -2.16. The molecule has 1 aliphatic rings. The van der Waals surface area contributed by atoms with E-state index < -0.39 is 182 Å². The normalized spacial score (nSPS) is 14.8. The van der Waals surface area contributed by atoms with Crippen LogP contribution in [0.25, 0.3) is 32.0 Å². The molecule has 550 valence electrons. The molecule has 9 aromatic rings. The van der Waals surface area contributed by atoms with Crippen molar-refractivity contribution < 1.29 is 112 Å². The van der Waals surface area contributed by atoms with Crippen LogP contribution in [0.5, 0.6) is 0 Å². The molecule has 0 aliphatic carbocycles. The number of ether oxygens (including phenoxy) is 1. The molecule has 0 unspecified atom stereocenters. The van der Waals surface area contributed by atoms with Gasteiger partial charge in [0.05, 0.1) is 39.9 Å². The number of benzene rings is 8. The van der Waals surface area contributed by atoms with E-state index in [1.165, 1.54) is 95.7 Å². The predicted molar refractivity (Wildman–Crippen MR) is 371 cm³/mol. The van der Waals surface area contributed by atoms with Crippen molar-refractivity contribution in [3.05, 3.63) is 210 Å². The first-order chi connectivity index (χ1) is 48.8. The van der Waals surface area contributed by atoms with Crippen LogP contribution in [-0.4, -0.2) is 141 Å². The van der Waals surface area contributed by atoms with Crippen molar-refractivity contribution in [1.82, 2.24) is 9.55 Å². The van der Waals surface area contributed by atoms with E-state index in [1.54, 1.807) is 20.8 Å². The maximum absolute atomic E-state index is 13.7. The average molecular weight is 1560 g/mol. The number of fused-ring (bicyclic) bond motifs is 2. The molecule has 1 fully saturated rings. The van der Waals surface area contributed by atoms with E-state index in [-0.39, 0.29) is 58.0 Å². The van der Waals surface area contributed by atoms with Crippen molar-refractivity contribution >= 4 is 146 Å². The summed E-state index contributed by atoms with van der Waals surface area (Å²) < 4.78 is 213. The number of aromatic nitrogens is 2. The van der Waals surface area contributed by atoms with Crippen LogP contribution in [0.15, 0.2) is 184 Å². The van der Waals surface area contributed by atoms with Crippen molar-refractivity contribution in [3.8, 4) is 0 Å². The highest BCUT2D eigenvalue weighted by atomic mass is 32.2. The molecule has 10 rings (SSSR count). The lowest BCUT2D eigenvalue weighted by Crippen LogP contribution is -2.33. The summed E-state index contributed by atoms with van der Waals surface area (Å²) >= 11 is 0. The summed E-state index contributed by atoms with van der Waals surface area (Å²) in [4.78, 5) is 88.6. The summed E-state index contributed by atoms with van der Waals surface area (Å²) in [6.45, 7) is 4.38. The zero-order valence-electron chi connectivity index (χ0n) is 53.5. The molecule has 105 heavy (non-hydrogen) atoms. The average Bonchev–Trinajstić information content (AvgIpc) is 1.13. The lowest BCUT2D eigenvalue weighted by molar-refractivity contribution is -0.0271. The molecule has 8 aromatic carbocycles. The highest BCUT2D eigenvalue weighted by Crippen LogP contribution is 2.40. The molecule has 6 amide bonds. The Kier molecular flexibility index (Phi) is 22.2. The van der Waals surface area contributed by atoms with Crippen molar-refractivity contribution in [1.29, 1.82) is 0 Å². The molecule has 1 saturated heterocycles. The van der Waals surface area contributed by atoms with Gasteiger partial charge in [0.1, 0.15) is 25.8 Å². The Morgan fingerprint density at radius 1 is 0.495 bits per heavy atom. The molecule has 14 N–H and O–H groups in total. The molecular formula is C61H53N11O27S6. The van der Waals surface area contributed by atoms with Gasteiger partial charge in [-0.3, -0.25) is 60.8 Å². The zero-order valence-corrected chi connectivity index (χ0v) is 58.4. The van der Waals surface area contributed by atoms with Gasteiger partial charge in [-0.2, -0.15) is 50.5 Å². The van der Waals surface area contributed by atoms with E-state index in [0.29, 0.717) is 53.1 Å². The van der Waals surface area contributed by atoms with Gasteiger partial charge in [-0.1, -0.05) is 29.4 Å². The van der Waals surface area contributed by atoms with Crippen LogP contribution in [-0.2, 0) is 65.4 Å². The second-order valence-electron chi connectivity index (χ2n) is 22.7. The third-order valence-corrected chi connectivity index (χ3v) is 20.8. The van der Waals surface area contributed by atoms with Gasteiger partial charge < -0.3 is 41.7 Å². The Balaban J connectivity index is 0.000000579. The first-order valence-corrected chi connectivity index (χ1v) is 37.9. The van der Waals surface area contributed by atoms with Crippen LogP contribution in [0.2, 0.25) is 0 Å². The number of hydrogen-bond donors (Lipinski definition) is 14. The fourth-order valence-electron chi connectivity index (χ4n) is 10.5. The van der Waals surface area contributed by atoms with E-state index in [9.17, 15) is 111 Å². The topological polar surface area (TPSA) is 617 Å². The maximum Gasteiger partial charge on any atom is 0.330 e. The Hall–Kier alpha value is -11.2. The number of azide groups is 1. The third-order valence-electron chi connectivity index (χ3n) is 15.5. The molecule has 3 atom stereocenters. The number of amides is 6. The van der Waals surface area contributed by atoms with Crippen molar-refractivity contribution in [3.63, 3.8) is 0 Å². The van der Waals surface area contributed by atoms with Crippen molar-refractivity contribution in [2.45, 2.75) is 74.9 Å². The smallest absolute Gasteiger partial charge is 0.330 e. The van der Waals surface area contributed by atoms with Crippen LogP contribution >= 0.6 is 0 Å². The number of carbonyl (C=O) groups is 5. The number of nitrogens with one attached hydrogen (secondary N) is 7. The van der Waals surface area contributed by atoms with Gasteiger partial charge in [0, 0.05) is 89.6 Å². The number of anilines is 6. The third kappa shape index (κ3) is 18.1. The molecule has 0 bridgehead atoms. The number of aryl methyl sites for hydroxylation is 3. The summed E-state index contributed by atoms with van der Waals surface area (Å²) in [5, 5.41) is 24.4. The molecule has 38 nitrogen and oxygen atoms in total. The number of H-pyrrole nitrogens is 1. The van der Waals surface area contributed by atoms with Crippen LogP contribution in [0.4, 0.5) is 38.9 Å². The molecule has 0 radical (unpaired) electrons. The Bertz CT molecular complexity index is 5800. The van der Waals surface area contributed by atoms with Crippen LogP contribution < -0.4 is 43.1 Å². The minimum absolute atomic E-state index is 0.0223. The number of aliphatic hydroxyl groups excluding tert-OH is 1. The number of aromatic amines is 1. The first kappa shape index (κ1) is 77.9. The van der Waals surface area contributed by atoms with Crippen LogP contribution in [0.3, 0.4) is 0 Å². The minimum atomic E-state index is -5.45. The van der Waals surface area contributed by atoms with E-state index in [0.717, 1.165) is 12.1 Å². The summed E-state index contributed by atoms with van der Waals surface area (Å²) in [5.41, 5.74) is 7.37. The van der Waals surface area contributed by atoms with Crippen LogP contribution in [0, 0.1) is 20.8 Å². The van der Waals surface area contributed by atoms with Gasteiger partial charge in [-0.15, -0.1) is 0 Å². The van der Waals surface area contributed by atoms with Gasteiger partial charge in [0.15, 0.2) is 0 Å². The molecule has 0 saturated carbocycles. The molecule has 0 spiro atoms. The number of hydrogen-bond acceptors (Lipinski definition) is 22. The molecule has 44 heteroatoms. The Morgan fingerprint density at radius 3 is 1.26 bits per heavy atom. The molecular weight excluding hydrogens is 1510 g/mol. The number of carbonyl (C=O) groups excluding carboxylic acids is 5. The molecule has 1 aromatic heterocycles. The van der Waals surface area contributed by atoms with Gasteiger partial charge in [-0.25, -0.2) is 9.59 Å². The Labute approximate surface area is 592 Å². The van der Waals surface area contributed by atoms with Gasteiger partial charge in [0.2, 0.25) is 0 Å². The zero-order chi connectivity index (χ0) is 77.4. The van der Waals surface area contributed by atoms with E-state index in [4.69, 9.17) is 15.4 Å². The molecule has 2 heterocycles. The predicted octanol–water partition coefficient (Wildman–Crippen LogP) is 6.55. The number of aliphatic hydroxyl groups is 1. The summed E-state index contributed by atoms with van der Waals surface area (Å²) in [6, 6.07) is 22.0. The first-order valence-electron chi connectivity index (χ1n) is 29.3. The number of rotatable bonds is 19. The maximum atomic E-state index is 13.7. The Morgan fingerprint density at radius 2 is 0.886 bits per heavy atom. The monoisotopic (exact) mass is 1560 g/mol. The SMILES string of the molecule is Cc1ccc(C(=O)Nc2ccc(S(=O)(=O)O)c3cc(S(=O)(=O)O)cc(S(=O)(=O)O)c23)cc1NC(=O)c1cccc(NC(=O)Nc2cccc(C(=O)Nc3cc(C(=O)Nc4ccc(S(=O)(=O)O)c5cc(S(=O)(=O)O)cc(S(=O)(=O)O)c45)ccc3C)c2)c1.Cc1cn([C@H]2C[C@H](N=[N+]=[N-])[C@@H](CO)O2)c(=O)[nH]c1=O. The summed E-state index contributed by atoms with van der Waals surface area (Å²) in [6.07, 6.45) is 0.329. The number of nitrogens with zero attached hydrogens (tertiary/aromatic N) is 4. The highest BCUT2D eigenvalue weighted by Gasteiger charge is 2.36. The van der Waals surface area contributed by atoms with Crippen molar-refractivity contribution in [2.24, 2.45) is 5.11 Å². The van der Waals surface area contributed by atoms with Crippen LogP contribution in [0.1, 0.15) is 70.8 Å². The number of urea groups is 1. The highest BCUT2D eigenvalue weighted by molar-refractivity contribution is 7.88. The molecule has 1 aliphatic heterocycles. The summed E-state index contributed by atoms with van der Waals surface area (Å²) in [7, 11) is -31.9. The largest absolute Gasteiger partial charge is 0.394 e. The van der Waals surface area contributed by atoms with Gasteiger partial charge >= 0.3 is 11.7 Å². The second-order valence-corrected chi connectivity index (χ2v) is 31.1. The van der Waals surface area contributed by atoms with Crippen molar-refractivity contribution in [2.75, 3.05) is 38.5 Å². The second kappa shape index (κ2) is 29.9. The van der Waals surface area contributed by atoms with Gasteiger partial charge in [-0.05, 0) is 147 Å². The quantitative estimate of drug-likeness (QED) is 0.0177. The van der Waals surface area contributed by atoms with Gasteiger partial charge in [0.25, 0.3) is 89.9 Å².